The number of rotatable bonds is 3. The Balaban J connectivity index is 1.76. The zero-order valence-electron chi connectivity index (χ0n) is 14.0. The van der Waals surface area contributed by atoms with Crippen LogP contribution in [-0.2, 0) is 4.79 Å². The third kappa shape index (κ3) is 3.82. The van der Waals surface area contributed by atoms with E-state index in [1.165, 1.54) is 28.9 Å². The average Bonchev–Trinajstić information content (AvgIpc) is 3.06. The summed E-state index contributed by atoms with van der Waals surface area (Å²) in [6, 6.07) is 7.72. The van der Waals surface area contributed by atoms with Gasteiger partial charge in [-0.3, -0.25) is 9.59 Å². The highest BCUT2D eigenvalue weighted by atomic mass is 32.2. The SMILES string of the molecule is Cc1ccc(NC(=O)C2CSCN2C(=O)c2ccnc(F)c2)c(C)c1. The zero-order valence-corrected chi connectivity index (χ0v) is 14.8. The minimum atomic E-state index is -0.714. The molecule has 1 aliphatic heterocycles. The summed E-state index contributed by atoms with van der Waals surface area (Å²) in [5, 5.41) is 2.89. The molecule has 5 nitrogen and oxygen atoms in total. The molecule has 0 radical (unpaired) electrons. The highest BCUT2D eigenvalue weighted by Gasteiger charge is 2.35. The third-order valence-electron chi connectivity index (χ3n) is 4.06. The highest BCUT2D eigenvalue weighted by Crippen LogP contribution is 2.25. The lowest BCUT2D eigenvalue weighted by atomic mass is 10.1. The average molecular weight is 359 g/mol. The summed E-state index contributed by atoms with van der Waals surface area (Å²) in [5.74, 6) is -0.412. The first-order chi connectivity index (χ1) is 12.0. The number of nitrogens with one attached hydrogen (secondary N) is 1. The van der Waals surface area contributed by atoms with E-state index in [1.54, 1.807) is 0 Å². The van der Waals surface area contributed by atoms with Gasteiger partial charge in [-0.05, 0) is 31.5 Å². The Labute approximate surface area is 149 Å². The first-order valence-electron chi connectivity index (χ1n) is 7.84. The van der Waals surface area contributed by atoms with Gasteiger partial charge in [0.2, 0.25) is 11.9 Å². The monoisotopic (exact) mass is 359 g/mol. The van der Waals surface area contributed by atoms with Crippen LogP contribution in [-0.4, -0.2) is 39.4 Å². The van der Waals surface area contributed by atoms with Crippen LogP contribution in [0.1, 0.15) is 21.5 Å². The summed E-state index contributed by atoms with van der Waals surface area (Å²) in [4.78, 5) is 30.2. The number of halogens is 1. The molecule has 0 saturated carbocycles. The number of anilines is 1. The molecule has 130 valence electrons. The number of aryl methyl sites for hydroxylation is 2. The van der Waals surface area contributed by atoms with Crippen LogP contribution in [0.3, 0.4) is 0 Å². The maximum absolute atomic E-state index is 13.3. The molecule has 1 aromatic heterocycles. The number of carbonyl (C=O) groups excluding carboxylic acids is 2. The number of hydrogen-bond donors (Lipinski definition) is 1. The molecule has 3 rings (SSSR count). The van der Waals surface area contributed by atoms with Gasteiger partial charge in [-0.1, -0.05) is 17.7 Å². The van der Waals surface area contributed by atoms with Gasteiger partial charge in [0.25, 0.3) is 5.91 Å². The minimum absolute atomic E-state index is 0.194. The molecule has 2 aromatic rings. The number of nitrogens with zero attached hydrogens (tertiary/aromatic N) is 2. The van der Waals surface area contributed by atoms with Crippen molar-refractivity contribution in [3.63, 3.8) is 0 Å². The number of aromatic nitrogens is 1. The van der Waals surface area contributed by atoms with Crippen molar-refractivity contribution in [1.29, 1.82) is 0 Å². The molecule has 1 unspecified atom stereocenters. The Hall–Kier alpha value is -2.41. The molecule has 1 N–H and O–H groups in total. The third-order valence-corrected chi connectivity index (χ3v) is 5.07. The molecule has 2 amide bonds. The van der Waals surface area contributed by atoms with Crippen LogP contribution < -0.4 is 5.32 Å². The lowest BCUT2D eigenvalue weighted by molar-refractivity contribution is -0.119. The molecule has 0 aliphatic carbocycles. The van der Waals surface area contributed by atoms with Crippen molar-refractivity contribution in [3.8, 4) is 0 Å². The molecule has 7 heteroatoms. The summed E-state index contributed by atoms with van der Waals surface area (Å²) >= 11 is 1.50. The predicted octanol–water partition coefficient (Wildman–Crippen LogP) is 2.99. The van der Waals surface area contributed by atoms with E-state index in [1.807, 2.05) is 32.0 Å². The van der Waals surface area contributed by atoms with E-state index in [2.05, 4.69) is 10.3 Å². The fourth-order valence-corrected chi connectivity index (χ4v) is 3.89. The van der Waals surface area contributed by atoms with Gasteiger partial charge >= 0.3 is 0 Å². The Bertz CT molecular complexity index is 828. The molecule has 25 heavy (non-hydrogen) atoms. The van der Waals surface area contributed by atoms with E-state index in [0.717, 1.165) is 22.9 Å². The number of amides is 2. The van der Waals surface area contributed by atoms with Crippen molar-refractivity contribution in [2.45, 2.75) is 19.9 Å². The highest BCUT2D eigenvalue weighted by molar-refractivity contribution is 7.99. The van der Waals surface area contributed by atoms with E-state index in [9.17, 15) is 14.0 Å². The first kappa shape index (κ1) is 17.4. The van der Waals surface area contributed by atoms with Crippen LogP contribution >= 0.6 is 11.8 Å². The van der Waals surface area contributed by atoms with E-state index < -0.39 is 12.0 Å². The van der Waals surface area contributed by atoms with Crippen LogP contribution in [0.15, 0.2) is 36.5 Å². The van der Waals surface area contributed by atoms with E-state index in [0.29, 0.717) is 11.6 Å². The number of carbonyl (C=O) groups is 2. The van der Waals surface area contributed by atoms with Crippen molar-refractivity contribution < 1.29 is 14.0 Å². The summed E-state index contributed by atoms with van der Waals surface area (Å²) in [6.07, 6.45) is 1.25. The summed E-state index contributed by atoms with van der Waals surface area (Å²) in [5.41, 5.74) is 3.01. The smallest absolute Gasteiger partial charge is 0.255 e. The molecule has 0 spiro atoms. The van der Waals surface area contributed by atoms with Crippen molar-refractivity contribution in [2.24, 2.45) is 0 Å². The molecule has 1 atom stereocenters. The lowest BCUT2D eigenvalue weighted by Gasteiger charge is -2.23. The maximum Gasteiger partial charge on any atom is 0.255 e. The van der Waals surface area contributed by atoms with Crippen molar-refractivity contribution in [3.05, 3.63) is 59.2 Å². The van der Waals surface area contributed by atoms with E-state index >= 15 is 0 Å². The Morgan fingerprint density at radius 1 is 1.28 bits per heavy atom. The molecular formula is C18H18FN3O2S. The second-order valence-electron chi connectivity index (χ2n) is 5.97. The molecule has 1 fully saturated rings. The molecule has 0 bridgehead atoms. The molecular weight excluding hydrogens is 341 g/mol. The first-order valence-corrected chi connectivity index (χ1v) is 8.99. The summed E-state index contributed by atoms with van der Waals surface area (Å²) in [6.45, 7) is 3.91. The van der Waals surface area contributed by atoms with Gasteiger partial charge in [0.15, 0.2) is 0 Å². The van der Waals surface area contributed by atoms with Gasteiger partial charge in [0, 0.05) is 29.3 Å². The van der Waals surface area contributed by atoms with Crippen LogP contribution in [0.2, 0.25) is 0 Å². The van der Waals surface area contributed by atoms with Crippen LogP contribution in [0, 0.1) is 19.8 Å². The van der Waals surface area contributed by atoms with Gasteiger partial charge in [-0.15, -0.1) is 11.8 Å². The van der Waals surface area contributed by atoms with Crippen LogP contribution in [0.5, 0.6) is 0 Å². The summed E-state index contributed by atoms with van der Waals surface area (Å²) < 4.78 is 13.3. The van der Waals surface area contributed by atoms with E-state index in [4.69, 9.17) is 0 Å². The van der Waals surface area contributed by atoms with Gasteiger partial charge in [-0.2, -0.15) is 4.39 Å². The Morgan fingerprint density at radius 3 is 2.80 bits per heavy atom. The van der Waals surface area contributed by atoms with Crippen LogP contribution in [0.4, 0.5) is 10.1 Å². The largest absolute Gasteiger partial charge is 0.324 e. The lowest BCUT2D eigenvalue weighted by Crippen LogP contribution is -2.44. The number of thioether (sulfide) groups is 1. The van der Waals surface area contributed by atoms with E-state index in [-0.39, 0.29) is 17.4 Å². The van der Waals surface area contributed by atoms with Crippen LogP contribution in [0.25, 0.3) is 0 Å². The van der Waals surface area contributed by atoms with Gasteiger partial charge in [0.05, 0.1) is 5.88 Å². The molecule has 1 saturated heterocycles. The second-order valence-corrected chi connectivity index (χ2v) is 6.97. The van der Waals surface area contributed by atoms with Gasteiger partial charge < -0.3 is 10.2 Å². The predicted molar refractivity (Wildman–Crippen MR) is 96.0 cm³/mol. The van der Waals surface area contributed by atoms with Crippen molar-refractivity contribution in [2.75, 3.05) is 16.9 Å². The van der Waals surface area contributed by atoms with Gasteiger partial charge in [-0.25, -0.2) is 4.98 Å². The zero-order chi connectivity index (χ0) is 18.0. The van der Waals surface area contributed by atoms with Crippen molar-refractivity contribution in [1.82, 2.24) is 9.88 Å². The van der Waals surface area contributed by atoms with Crippen molar-refractivity contribution >= 4 is 29.3 Å². The fraction of sp³-hybridized carbons (Fsp3) is 0.278. The summed E-state index contributed by atoms with van der Waals surface area (Å²) in [7, 11) is 0. The number of pyridine rings is 1. The molecule has 1 aromatic carbocycles. The number of benzene rings is 1. The minimum Gasteiger partial charge on any atom is -0.324 e. The quantitative estimate of drug-likeness (QED) is 0.856. The van der Waals surface area contributed by atoms with Gasteiger partial charge in [0.1, 0.15) is 6.04 Å². The standard InChI is InChI=1S/C18H18FN3O2S/c1-11-3-4-14(12(2)7-11)21-17(23)15-9-25-10-22(15)18(24)13-5-6-20-16(19)8-13/h3-8,15H,9-10H2,1-2H3,(H,21,23). The normalized spacial score (nSPS) is 16.8. The number of hydrogen-bond acceptors (Lipinski definition) is 4. The molecule has 2 heterocycles. The maximum atomic E-state index is 13.3. The Morgan fingerprint density at radius 2 is 2.08 bits per heavy atom. The topological polar surface area (TPSA) is 62.3 Å². The molecule has 1 aliphatic rings. The fourth-order valence-electron chi connectivity index (χ4n) is 2.73. The second kappa shape index (κ2) is 7.23. The Kier molecular flexibility index (Phi) is 5.03.